The van der Waals surface area contributed by atoms with Gasteiger partial charge in [0.25, 0.3) is 0 Å². The van der Waals surface area contributed by atoms with Crippen LogP contribution >= 0.6 is 11.3 Å². The molecule has 0 spiro atoms. The van der Waals surface area contributed by atoms with Gasteiger partial charge < -0.3 is 5.11 Å². The van der Waals surface area contributed by atoms with Gasteiger partial charge in [0.1, 0.15) is 5.82 Å². The zero-order valence-corrected chi connectivity index (χ0v) is 10.5. The van der Waals surface area contributed by atoms with Crippen LogP contribution in [0.2, 0.25) is 0 Å². The van der Waals surface area contributed by atoms with E-state index in [1.807, 2.05) is 16.8 Å². The molecular weight excluding hydrogens is 251 g/mol. The number of rotatable bonds is 5. The Balaban J connectivity index is 2.08. The molecule has 2 rings (SSSR count). The molecule has 94 valence electrons. The molecular formula is C14H13FO2S. The van der Waals surface area contributed by atoms with Gasteiger partial charge in [-0.3, -0.25) is 4.79 Å². The molecule has 0 aliphatic heterocycles. The van der Waals surface area contributed by atoms with Crippen molar-refractivity contribution in [2.24, 2.45) is 0 Å². The molecule has 0 saturated carbocycles. The molecule has 0 aliphatic carbocycles. The first-order valence-electron chi connectivity index (χ1n) is 5.66. The van der Waals surface area contributed by atoms with E-state index in [1.54, 1.807) is 23.5 Å². The van der Waals surface area contributed by atoms with Gasteiger partial charge in [0, 0.05) is 0 Å². The Hall–Kier alpha value is -1.68. The van der Waals surface area contributed by atoms with Gasteiger partial charge in [-0.2, -0.15) is 11.3 Å². The maximum absolute atomic E-state index is 12.8. The Bertz CT molecular complexity index is 505. The van der Waals surface area contributed by atoms with Crippen LogP contribution in [0.4, 0.5) is 4.39 Å². The minimum atomic E-state index is -0.864. The van der Waals surface area contributed by atoms with Crippen molar-refractivity contribution in [1.82, 2.24) is 0 Å². The largest absolute Gasteiger partial charge is 0.481 e. The van der Waals surface area contributed by atoms with E-state index in [2.05, 4.69) is 0 Å². The number of carboxylic acids is 1. The highest BCUT2D eigenvalue weighted by molar-refractivity contribution is 7.07. The van der Waals surface area contributed by atoms with Crippen molar-refractivity contribution in [1.29, 1.82) is 0 Å². The first-order chi connectivity index (χ1) is 8.66. The second kappa shape index (κ2) is 5.78. The number of benzene rings is 1. The number of hydrogen-bond acceptors (Lipinski definition) is 2. The van der Waals surface area contributed by atoms with Crippen molar-refractivity contribution in [2.45, 2.75) is 18.8 Å². The normalized spacial score (nSPS) is 12.3. The molecule has 0 amide bonds. The first-order valence-corrected chi connectivity index (χ1v) is 6.60. The maximum Gasteiger partial charge on any atom is 0.310 e. The average Bonchev–Trinajstić information content (AvgIpc) is 2.84. The molecule has 2 aromatic rings. The molecule has 18 heavy (non-hydrogen) atoms. The molecule has 1 aromatic heterocycles. The molecule has 0 radical (unpaired) electrons. The molecule has 1 unspecified atom stereocenters. The summed E-state index contributed by atoms with van der Waals surface area (Å²) < 4.78 is 12.8. The molecule has 0 aliphatic rings. The van der Waals surface area contributed by atoms with E-state index in [4.69, 9.17) is 0 Å². The fourth-order valence-corrected chi connectivity index (χ4v) is 2.58. The van der Waals surface area contributed by atoms with Gasteiger partial charge in [-0.05, 0) is 52.9 Å². The zero-order chi connectivity index (χ0) is 13.0. The van der Waals surface area contributed by atoms with Crippen molar-refractivity contribution in [3.8, 4) is 0 Å². The Labute approximate surface area is 109 Å². The van der Waals surface area contributed by atoms with E-state index < -0.39 is 11.9 Å². The average molecular weight is 264 g/mol. The van der Waals surface area contributed by atoms with E-state index in [-0.39, 0.29) is 5.82 Å². The second-order valence-corrected chi connectivity index (χ2v) is 4.89. The molecule has 0 fully saturated rings. The van der Waals surface area contributed by atoms with E-state index in [0.717, 1.165) is 12.0 Å². The minimum absolute atomic E-state index is 0.347. The molecule has 0 bridgehead atoms. The lowest BCUT2D eigenvalue weighted by Crippen LogP contribution is -2.12. The van der Waals surface area contributed by atoms with Crippen LogP contribution in [0.25, 0.3) is 0 Å². The van der Waals surface area contributed by atoms with Gasteiger partial charge in [-0.1, -0.05) is 12.1 Å². The Morgan fingerprint density at radius 2 is 2.00 bits per heavy atom. The Kier molecular flexibility index (Phi) is 4.10. The highest BCUT2D eigenvalue weighted by atomic mass is 32.1. The van der Waals surface area contributed by atoms with Gasteiger partial charge in [0.15, 0.2) is 0 Å². The predicted molar refractivity (Wildman–Crippen MR) is 69.4 cm³/mol. The molecule has 0 saturated heterocycles. The summed E-state index contributed by atoms with van der Waals surface area (Å²) in [6.45, 7) is 0. The van der Waals surface area contributed by atoms with Crippen molar-refractivity contribution in [3.63, 3.8) is 0 Å². The summed E-state index contributed by atoms with van der Waals surface area (Å²) in [5.74, 6) is -1.79. The fraction of sp³-hybridized carbons (Fsp3) is 0.214. The van der Waals surface area contributed by atoms with E-state index >= 15 is 0 Å². The third-order valence-electron chi connectivity index (χ3n) is 2.87. The number of carbonyl (C=O) groups is 1. The lowest BCUT2D eigenvalue weighted by molar-refractivity contribution is -0.138. The summed E-state index contributed by atoms with van der Waals surface area (Å²) in [4.78, 5) is 11.3. The van der Waals surface area contributed by atoms with Crippen LogP contribution in [0.1, 0.15) is 23.5 Å². The van der Waals surface area contributed by atoms with Crippen LogP contribution in [0.5, 0.6) is 0 Å². The molecule has 1 heterocycles. The predicted octanol–water partition coefficient (Wildman–Crippen LogP) is 3.69. The standard InChI is InChI=1S/C14H13FO2S/c15-12-4-2-11(3-5-12)13(14(16)17)6-1-10-7-8-18-9-10/h2-5,7-9,13H,1,6H2,(H,16,17). The van der Waals surface area contributed by atoms with E-state index in [0.29, 0.717) is 12.0 Å². The van der Waals surface area contributed by atoms with Crippen LogP contribution in [0.3, 0.4) is 0 Å². The summed E-state index contributed by atoms with van der Waals surface area (Å²) in [7, 11) is 0. The first kappa shape index (κ1) is 12.8. The van der Waals surface area contributed by atoms with Crippen LogP contribution in [-0.2, 0) is 11.2 Å². The summed E-state index contributed by atoms with van der Waals surface area (Å²) in [6, 6.07) is 7.68. The molecule has 1 N–H and O–H groups in total. The fourth-order valence-electron chi connectivity index (χ4n) is 1.87. The molecule has 2 nitrogen and oxygen atoms in total. The van der Waals surface area contributed by atoms with Gasteiger partial charge in [-0.25, -0.2) is 4.39 Å². The SMILES string of the molecule is O=C(O)C(CCc1ccsc1)c1ccc(F)cc1. The topological polar surface area (TPSA) is 37.3 Å². The molecule has 4 heteroatoms. The van der Waals surface area contributed by atoms with Crippen molar-refractivity contribution in [2.75, 3.05) is 0 Å². The highest BCUT2D eigenvalue weighted by Gasteiger charge is 2.19. The Morgan fingerprint density at radius 3 is 2.56 bits per heavy atom. The monoisotopic (exact) mass is 264 g/mol. The number of aliphatic carboxylic acids is 1. The zero-order valence-electron chi connectivity index (χ0n) is 9.67. The van der Waals surface area contributed by atoms with Gasteiger partial charge in [0.2, 0.25) is 0 Å². The smallest absolute Gasteiger partial charge is 0.310 e. The summed E-state index contributed by atoms with van der Waals surface area (Å²) >= 11 is 1.60. The minimum Gasteiger partial charge on any atom is -0.481 e. The summed E-state index contributed by atoms with van der Waals surface area (Å²) in [5.41, 5.74) is 1.80. The van der Waals surface area contributed by atoms with Crippen LogP contribution < -0.4 is 0 Å². The maximum atomic E-state index is 12.8. The lowest BCUT2D eigenvalue weighted by atomic mass is 9.93. The van der Waals surface area contributed by atoms with Gasteiger partial charge in [0.05, 0.1) is 5.92 Å². The van der Waals surface area contributed by atoms with Gasteiger partial charge >= 0.3 is 5.97 Å². The van der Waals surface area contributed by atoms with Crippen LogP contribution in [-0.4, -0.2) is 11.1 Å². The number of halogens is 1. The summed E-state index contributed by atoms with van der Waals surface area (Å²) in [5, 5.41) is 13.2. The number of hydrogen-bond donors (Lipinski definition) is 1. The quantitative estimate of drug-likeness (QED) is 0.894. The molecule has 1 atom stereocenters. The number of carboxylic acid groups (broad SMARTS) is 1. The number of aryl methyl sites for hydroxylation is 1. The van der Waals surface area contributed by atoms with E-state index in [1.165, 1.54) is 12.1 Å². The molecule has 1 aromatic carbocycles. The van der Waals surface area contributed by atoms with Crippen molar-refractivity contribution >= 4 is 17.3 Å². The lowest BCUT2D eigenvalue weighted by Gasteiger charge is -2.12. The van der Waals surface area contributed by atoms with Crippen LogP contribution in [0, 0.1) is 5.82 Å². The Morgan fingerprint density at radius 1 is 1.28 bits per heavy atom. The van der Waals surface area contributed by atoms with Crippen LogP contribution in [0.15, 0.2) is 41.1 Å². The van der Waals surface area contributed by atoms with Gasteiger partial charge in [-0.15, -0.1) is 0 Å². The van der Waals surface area contributed by atoms with E-state index in [9.17, 15) is 14.3 Å². The summed E-state index contributed by atoms with van der Waals surface area (Å²) in [6.07, 6.45) is 1.25. The second-order valence-electron chi connectivity index (χ2n) is 4.11. The third kappa shape index (κ3) is 3.17. The third-order valence-corrected chi connectivity index (χ3v) is 3.60. The van der Waals surface area contributed by atoms with Crippen molar-refractivity contribution < 1.29 is 14.3 Å². The van der Waals surface area contributed by atoms with Crippen molar-refractivity contribution in [3.05, 3.63) is 58.0 Å². The number of thiophene rings is 1. The highest BCUT2D eigenvalue weighted by Crippen LogP contribution is 2.23.